The van der Waals surface area contributed by atoms with E-state index < -0.39 is 0 Å². The van der Waals surface area contributed by atoms with Crippen LogP contribution in [0.25, 0.3) is 11.0 Å². The molecular weight excluding hydrogens is 344 g/mol. The molecule has 6 nitrogen and oxygen atoms in total. The van der Waals surface area contributed by atoms with Crippen molar-refractivity contribution in [3.05, 3.63) is 59.4 Å². The first kappa shape index (κ1) is 18.5. The third-order valence-corrected chi connectivity index (χ3v) is 4.12. The highest BCUT2D eigenvalue weighted by Gasteiger charge is 2.12. The smallest absolute Gasteiger partial charge is 0.271 e. The number of hydrogen-bond donors (Lipinski definition) is 1. The predicted octanol–water partition coefficient (Wildman–Crippen LogP) is 4.17. The summed E-state index contributed by atoms with van der Waals surface area (Å²) in [5.41, 5.74) is 4.66. The van der Waals surface area contributed by atoms with Gasteiger partial charge in [-0.3, -0.25) is 4.79 Å². The second-order valence-electron chi connectivity index (χ2n) is 5.79. The average Bonchev–Trinajstić information content (AvgIpc) is 3.06. The predicted molar refractivity (Wildman–Crippen MR) is 105 cm³/mol. The minimum absolute atomic E-state index is 0.335. The molecule has 0 unspecified atom stereocenters. The van der Waals surface area contributed by atoms with Crippen molar-refractivity contribution in [3.8, 4) is 11.5 Å². The monoisotopic (exact) mass is 366 g/mol. The number of nitrogens with zero attached hydrogens (tertiary/aromatic N) is 1. The molecule has 3 rings (SSSR count). The van der Waals surface area contributed by atoms with E-state index >= 15 is 0 Å². The number of rotatable bonds is 7. The third-order valence-electron chi connectivity index (χ3n) is 4.12. The van der Waals surface area contributed by atoms with Gasteiger partial charge in [0.15, 0.2) is 11.5 Å². The molecule has 1 N–H and O–H groups in total. The Kier molecular flexibility index (Phi) is 5.76. The van der Waals surface area contributed by atoms with Gasteiger partial charge in [-0.25, -0.2) is 5.43 Å². The molecule has 0 saturated carbocycles. The first-order valence-electron chi connectivity index (χ1n) is 8.82. The Labute approximate surface area is 157 Å². The lowest BCUT2D eigenvalue weighted by Gasteiger charge is -2.10. The average molecular weight is 366 g/mol. The highest BCUT2D eigenvalue weighted by Crippen LogP contribution is 2.28. The maximum absolute atomic E-state index is 12.4. The number of carbonyl (C=O) groups is 1. The zero-order valence-corrected chi connectivity index (χ0v) is 15.6. The number of carbonyl (C=O) groups excluding carboxylic acids is 1. The molecule has 0 aliphatic rings. The maximum atomic E-state index is 12.4. The molecule has 3 aromatic rings. The molecule has 140 valence electrons. The number of fused-ring (bicyclic) bond motifs is 1. The molecule has 1 aromatic heterocycles. The van der Waals surface area contributed by atoms with E-state index in [4.69, 9.17) is 13.9 Å². The molecule has 0 aliphatic heterocycles. The van der Waals surface area contributed by atoms with Gasteiger partial charge in [0, 0.05) is 22.9 Å². The number of methoxy groups -OCH3 is 1. The van der Waals surface area contributed by atoms with E-state index in [-0.39, 0.29) is 5.91 Å². The minimum atomic E-state index is -0.335. The summed E-state index contributed by atoms with van der Waals surface area (Å²) in [5.74, 6) is 1.59. The standard InChI is InChI=1S/C21H22N2O4/c1-4-17-16(15-8-6-7-9-18(15)27-17)13-22-23-21(24)14-10-11-19(26-5-2)20(12-14)25-3/h6-13H,4-5H2,1-3H3,(H,23,24)/b22-13-. The van der Waals surface area contributed by atoms with E-state index in [1.165, 1.54) is 7.11 Å². The topological polar surface area (TPSA) is 73.1 Å². The summed E-state index contributed by atoms with van der Waals surface area (Å²) in [6, 6.07) is 12.8. The highest BCUT2D eigenvalue weighted by molar-refractivity contribution is 6.00. The molecule has 2 aromatic carbocycles. The van der Waals surface area contributed by atoms with Gasteiger partial charge in [-0.1, -0.05) is 25.1 Å². The van der Waals surface area contributed by atoms with Crippen molar-refractivity contribution in [2.45, 2.75) is 20.3 Å². The number of ether oxygens (including phenoxy) is 2. The van der Waals surface area contributed by atoms with Crippen molar-refractivity contribution in [1.29, 1.82) is 0 Å². The van der Waals surface area contributed by atoms with Gasteiger partial charge in [0.1, 0.15) is 11.3 Å². The van der Waals surface area contributed by atoms with E-state index in [9.17, 15) is 4.79 Å². The van der Waals surface area contributed by atoms with Crippen molar-refractivity contribution in [1.82, 2.24) is 5.43 Å². The lowest BCUT2D eigenvalue weighted by molar-refractivity contribution is 0.0954. The number of hydrogen-bond acceptors (Lipinski definition) is 5. The van der Waals surface area contributed by atoms with Crippen molar-refractivity contribution >= 4 is 23.1 Å². The zero-order chi connectivity index (χ0) is 19.2. The van der Waals surface area contributed by atoms with Crippen LogP contribution in [0, 0.1) is 0 Å². The van der Waals surface area contributed by atoms with E-state index in [1.54, 1.807) is 24.4 Å². The Morgan fingerprint density at radius 2 is 2.00 bits per heavy atom. The summed E-state index contributed by atoms with van der Waals surface area (Å²) in [5, 5.41) is 5.07. The van der Waals surface area contributed by atoms with Crippen molar-refractivity contribution in [3.63, 3.8) is 0 Å². The van der Waals surface area contributed by atoms with Gasteiger partial charge in [-0.15, -0.1) is 0 Å². The fourth-order valence-electron chi connectivity index (χ4n) is 2.82. The van der Waals surface area contributed by atoms with Gasteiger partial charge in [-0.05, 0) is 31.2 Å². The number of aryl methyl sites for hydroxylation is 1. The highest BCUT2D eigenvalue weighted by atomic mass is 16.5. The second-order valence-corrected chi connectivity index (χ2v) is 5.79. The Morgan fingerprint density at radius 1 is 1.19 bits per heavy atom. The van der Waals surface area contributed by atoms with Crippen LogP contribution >= 0.6 is 0 Å². The maximum Gasteiger partial charge on any atom is 0.271 e. The summed E-state index contributed by atoms with van der Waals surface area (Å²) in [7, 11) is 1.54. The number of hydrazone groups is 1. The van der Waals surface area contributed by atoms with Crippen LogP contribution in [0.3, 0.4) is 0 Å². The van der Waals surface area contributed by atoms with Crippen LogP contribution in [0.4, 0.5) is 0 Å². The van der Waals surface area contributed by atoms with Gasteiger partial charge in [0.2, 0.25) is 0 Å². The molecule has 0 saturated heterocycles. The molecule has 0 aliphatic carbocycles. The normalized spacial score (nSPS) is 11.1. The van der Waals surface area contributed by atoms with E-state index in [0.29, 0.717) is 23.7 Å². The van der Waals surface area contributed by atoms with E-state index in [0.717, 1.165) is 28.7 Å². The Balaban J connectivity index is 1.78. The van der Waals surface area contributed by atoms with Gasteiger partial charge >= 0.3 is 0 Å². The number of benzene rings is 2. The first-order chi connectivity index (χ1) is 13.2. The SMILES string of the molecule is CCOc1ccc(C(=O)N/N=C\c2c(CC)oc3ccccc23)cc1OC. The summed E-state index contributed by atoms with van der Waals surface area (Å²) < 4.78 is 16.6. The fourth-order valence-corrected chi connectivity index (χ4v) is 2.82. The molecule has 0 spiro atoms. The van der Waals surface area contributed by atoms with Crippen molar-refractivity contribution in [2.24, 2.45) is 5.10 Å². The van der Waals surface area contributed by atoms with Gasteiger partial charge in [0.05, 0.1) is 19.9 Å². The van der Waals surface area contributed by atoms with Crippen LogP contribution in [0.2, 0.25) is 0 Å². The molecule has 0 radical (unpaired) electrons. The quantitative estimate of drug-likeness (QED) is 0.503. The Hall–Kier alpha value is -3.28. The third kappa shape index (κ3) is 3.95. The Bertz CT molecular complexity index is 975. The van der Waals surface area contributed by atoms with Crippen LogP contribution in [-0.2, 0) is 6.42 Å². The summed E-state index contributed by atoms with van der Waals surface area (Å²) in [6.07, 6.45) is 2.36. The zero-order valence-electron chi connectivity index (χ0n) is 15.6. The number of amides is 1. The molecule has 6 heteroatoms. The van der Waals surface area contributed by atoms with Gasteiger partial charge in [0.25, 0.3) is 5.91 Å². The molecule has 27 heavy (non-hydrogen) atoms. The Morgan fingerprint density at radius 3 is 2.74 bits per heavy atom. The summed E-state index contributed by atoms with van der Waals surface area (Å²) in [4.78, 5) is 12.4. The minimum Gasteiger partial charge on any atom is -0.493 e. The first-order valence-corrected chi connectivity index (χ1v) is 8.82. The fraction of sp³-hybridized carbons (Fsp3) is 0.238. The van der Waals surface area contributed by atoms with Gasteiger partial charge < -0.3 is 13.9 Å². The van der Waals surface area contributed by atoms with E-state index in [1.807, 2.05) is 38.1 Å². The lowest BCUT2D eigenvalue weighted by atomic mass is 10.1. The lowest BCUT2D eigenvalue weighted by Crippen LogP contribution is -2.17. The van der Waals surface area contributed by atoms with Crippen LogP contribution in [0.5, 0.6) is 11.5 Å². The summed E-state index contributed by atoms with van der Waals surface area (Å²) >= 11 is 0. The molecular formula is C21H22N2O4. The molecule has 0 fully saturated rings. The molecule has 0 bridgehead atoms. The second kappa shape index (κ2) is 8.40. The number of para-hydroxylation sites is 1. The largest absolute Gasteiger partial charge is 0.493 e. The molecule has 1 heterocycles. The van der Waals surface area contributed by atoms with Crippen molar-refractivity contribution < 1.29 is 18.7 Å². The van der Waals surface area contributed by atoms with Crippen LogP contribution < -0.4 is 14.9 Å². The number of furan rings is 1. The van der Waals surface area contributed by atoms with Crippen LogP contribution in [0.15, 0.2) is 52.0 Å². The summed E-state index contributed by atoms with van der Waals surface area (Å²) in [6.45, 7) is 4.42. The number of nitrogens with one attached hydrogen (secondary N) is 1. The van der Waals surface area contributed by atoms with Crippen molar-refractivity contribution in [2.75, 3.05) is 13.7 Å². The molecule has 0 atom stereocenters. The van der Waals surface area contributed by atoms with Crippen LogP contribution in [-0.4, -0.2) is 25.8 Å². The van der Waals surface area contributed by atoms with E-state index in [2.05, 4.69) is 10.5 Å². The van der Waals surface area contributed by atoms with Gasteiger partial charge in [-0.2, -0.15) is 5.10 Å². The van der Waals surface area contributed by atoms with Crippen LogP contribution in [0.1, 0.15) is 35.5 Å². The molecule has 1 amide bonds.